The Morgan fingerprint density at radius 3 is 2.62 bits per heavy atom. The average Bonchev–Trinajstić information content (AvgIpc) is 2.48. The Morgan fingerprint density at radius 2 is 1.90 bits per heavy atom. The largest absolute Gasteiger partial charge is 0.481 e. The van der Waals surface area contributed by atoms with Crippen molar-refractivity contribution in [1.29, 1.82) is 0 Å². The summed E-state index contributed by atoms with van der Waals surface area (Å²) in [6.45, 7) is 1.32. The molecule has 1 aliphatic heterocycles. The number of rotatable bonds is 2. The number of hydrogen-bond acceptors (Lipinski definition) is 4. The molecular weight excluding hydrogens is 268 g/mol. The van der Waals surface area contributed by atoms with E-state index in [4.69, 9.17) is 9.47 Å². The number of benzene rings is 2. The predicted octanol–water partition coefficient (Wildman–Crippen LogP) is 3.32. The molecule has 2 aromatic rings. The molecule has 1 atom stereocenters. The molecule has 0 saturated carbocycles. The van der Waals surface area contributed by atoms with Crippen LogP contribution in [-0.2, 0) is 4.79 Å². The zero-order valence-electron chi connectivity index (χ0n) is 11.5. The van der Waals surface area contributed by atoms with Gasteiger partial charge in [-0.15, -0.1) is 0 Å². The number of hydrogen-bond donors (Lipinski definition) is 0. The van der Waals surface area contributed by atoms with Crippen LogP contribution in [0.5, 0.6) is 11.5 Å². The Kier molecular flexibility index (Phi) is 3.44. The number of carbonyl (C=O) groups excluding carboxylic acids is 2. The van der Waals surface area contributed by atoms with E-state index in [-0.39, 0.29) is 24.1 Å². The molecule has 0 amide bonds. The lowest BCUT2D eigenvalue weighted by Crippen LogP contribution is -2.21. The fraction of sp³-hybridized carbons (Fsp3) is 0.176. The van der Waals surface area contributed by atoms with E-state index in [1.54, 1.807) is 18.2 Å². The molecule has 2 aromatic carbocycles. The molecular formula is C17H14O4. The Bertz CT molecular complexity index is 691. The molecule has 3 rings (SSSR count). The minimum atomic E-state index is -0.443. The number of ketones is 1. The van der Waals surface area contributed by atoms with Crippen LogP contribution in [0.15, 0.2) is 48.5 Å². The lowest BCUT2D eigenvalue weighted by molar-refractivity contribution is -0.132. The monoisotopic (exact) mass is 282 g/mol. The van der Waals surface area contributed by atoms with E-state index in [0.29, 0.717) is 11.3 Å². The summed E-state index contributed by atoms with van der Waals surface area (Å²) in [4.78, 5) is 23.5. The van der Waals surface area contributed by atoms with Crippen LogP contribution in [-0.4, -0.2) is 11.8 Å². The van der Waals surface area contributed by atoms with Gasteiger partial charge in [-0.25, -0.2) is 0 Å². The fourth-order valence-corrected chi connectivity index (χ4v) is 2.41. The molecule has 0 saturated heterocycles. The van der Waals surface area contributed by atoms with Crippen LogP contribution in [0.2, 0.25) is 0 Å². The van der Waals surface area contributed by atoms with E-state index in [9.17, 15) is 9.59 Å². The van der Waals surface area contributed by atoms with Crippen molar-refractivity contribution in [2.24, 2.45) is 0 Å². The second kappa shape index (κ2) is 5.40. The van der Waals surface area contributed by atoms with Crippen molar-refractivity contribution in [1.82, 2.24) is 0 Å². The van der Waals surface area contributed by atoms with Crippen molar-refractivity contribution in [3.63, 3.8) is 0 Å². The first kappa shape index (κ1) is 13.4. The van der Waals surface area contributed by atoms with Gasteiger partial charge in [0, 0.05) is 6.92 Å². The van der Waals surface area contributed by atoms with Crippen molar-refractivity contribution in [2.45, 2.75) is 19.4 Å². The van der Waals surface area contributed by atoms with Crippen molar-refractivity contribution >= 4 is 11.8 Å². The van der Waals surface area contributed by atoms with Crippen LogP contribution >= 0.6 is 0 Å². The topological polar surface area (TPSA) is 52.6 Å². The second-order valence-corrected chi connectivity index (χ2v) is 4.87. The number of Topliss-reactive ketones (excluding diaryl/α,β-unsaturated/α-hetero) is 1. The smallest absolute Gasteiger partial charge is 0.308 e. The molecule has 0 radical (unpaired) electrons. The highest BCUT2D eigenvalue weighted by Gasteiger charge is 2.30. The van der Waals surface area contributed by atoms with Gasteiger partial charge < -0.3 is 9.47 Å². The summed E-state index contributed by atoms with van der Waals surface area (Å²) in [5, 5.41) is 0. The highest BCUT2D eigenvalue weighted by molar-refractivity contribution is 6.01. The minimum absolute atomic E-state index is 0.0147. The maximum absolute atomic E-state index is 12.3. The molecule has 21 heavy (non-hydrogen) atoms. The number of ether oxygens (including phenoxy) is 2. The summed E-state index contributed by atoms with van der Waals surface area (Å²) in [5.41, 5.74) is 1.38. The quantitative estimate of drug-likeness (QED) is 0.626. The lowest BCUT2D eigenvalue weighted by Gasteiger charge is -2.26. The van der Waals surface area contributed by atoms with Crippen LogP contribution in [0.1, 0.15) is 35.4 Å². The third-order valence-corrected chi connectivity index (χ3v) is 3.34. The summed E-state index contributed by atoms with van der Waals surface area (Å²) in [7, 11) is 0. The molecule has 0 bridgehead atoms. The maximum atomic E-state index is 12.3. The fourth-order valence-electron chi connectivity index (χ4n) is 2.41. The van der Waals surface area contributed by atoms with Gasteiger partial charge in [-0.1, -0.05) is 36.4 Å². The molecule has 0 unspecified atom stereocenters. The van der Waals surface area contributed by atoms with Crippen molar-refractivity contribution < 1.29 is 19.1 Å². The van der Waals surface area contributed by atoms with E-state index in [2.05, 4.69) is 0 Å². The van der Waals surface area contributed by atoms with E-state index in [1.165, 1.54) is 6.92 Å². The van der Waals surface area contributed by atoms with Crippen molar-refractivity contribution in [3.05, 3.63) is 59.7 Å². The summed E-state index contributed by atoms with van der Waals surface area (Å²) >= 11 is 0. The molecule has 0 N–H and O–H groups in total. The molecule has 0 aromatic heterocycles. The second-order valence-electron chi connectivity index (χ2n) is 4.87. The summed E-state index contributed by atoms with van der Waals surface area (Å²) in [6, 6.07) is 14.5. The average molecular weight is 282 g/mol. The van der Waals surface area contributed by atoms with Crippen LogP contribution in [0, 0.1) is 0 Å². The van der Waals surface area contributed by atoms with E-state index < -0.39 is 5.97 Å². The first-order valence-corrected chi connectivity index (χ1v) is 6.71. The number of esters is 1. The Balaban J connectivity index is 2.00. The van der Waals surface area contributed by atoms with Crippen LogP contribution in [0.4, 0.5) is 0 Å². The highest BCUT2D eigenvalue weighted by atomic mass is 16.6. The van der Waals surface area contributed by atoms with Gasteiger partial charge in [0.1, 0.15) is 6.10 Å². The zero-order valence-corrected chi connectivity index (χ0v) is 11.5. The number of fused-ring (bicyclic) bond motifs is 1. The van der Waals surface area contributed by atoms with Crippen molar-refractivity contribution in [2.75, 3.05) is 0 Å². The molecule has 1 aliphatic rings. The van der Waals surface area contributed by atoms with Gasteiger partial charge in [0.05, 0.1) is 12.0 Å². The van der Waals surface area contributed by atoms with Gasteiger partial charge in [0.15, 0.2) is 17.3 Å². The van der Waals surface area contributed by atoms with Crippen molar-refractivity contribution in [3.8, 4) is 11.5 Å². The molecule has 0 fully saturated rings. The van der Waals surface area contributed by atoms with E-state index in [0.717, 1.165) is 5.56 Å². The van der Waals surface area contributed by atoms with Crippen LogP contribution < -0.4 is 9.47 Å². The highest BCUT2D eigenvalue weighted by Crippen LogP contribution is 2.41. The number of carbonyl (C=O) groups is 2. The van der Waals surface area contributed by atoms with Crippen LogP contribution in [0.25, 0.3) is 0 Å². The first-order chi connectivity index (χ1) is 10.1. The Labute approximate surface area is 122 Å². The van der Waals surface area contributed by atoms with E-state index in [1.807, 2.05) is 30.3 Å². The van der Waals surface area contributed by atoms with Gasteiger partial charge >= 0.3 is 5.97 Å². The summed E-state index contributed by atoms with van der Waals surface area (Å²) in [6.07, 6.45) is -0.0801. The van der Waals surface area contributed by atoms with Gasteiger partial charge in [0.25, 0.3) is 0 Å². The predicted molar refractivity (Wildman–Crippen MR) is 76.5 cm³/mol. The van der Waals surface area contributed by atoms with Crippen LogP contribution in [0.3, 0.4) is 0 Å². The lowest BCUT2D eigenvalue weighted by atomic mass is 9.96. The molecule has 4 heteroatoms. The third-order valence-electron chi connectivity index (χ3n) is 3.34. The molecule has 1 heterocycles. The summed E-state index contributed by atoms with van der Waals surface area (Å²) < 4.78 is 11.1. The molecule has 4 nitrogen and oxygen atoms in total. The number of para-hydroxylation sites is 1. The van der Waals surface area contributed by atoms with E-state index >= 15 is 0 Å². The Hall–Kier alpha value is -2.62. The SMILES string of the molecule is CC(=O)Oc1cccc2c1O[C@@H](c1ccccc1)CC2=O. The normalized spacial score (nSPS) is 16.8. The third kappa shape index (κ3) is 2.65. The van der Waals surface area contributed by atoms with Gasteiger partial charge in [0.2, 0.25) is 0 Å². The summed E-state index contributed by atoms with van der Waals surface area (Å²) in [5.74, 6) is 0.173. The molecule has 0 aliphatic carbocycles. The van der Waals surface area contributed by atoms with Gasteiger partial charge in [-0.2, -0.15) is 0 Å². The minimum Gasteiger partial charge on any atom is -0.481 e. The van der Waals surface area contributed by atoms with Gasteiger partial charge in [-0.3, -0.25) is 9.59 Å². The Morgan fingerprint density at radius 1 is 1.14 bits per heavy atom. The first-order valence-electron chi connectivity index (χ1n) is 6.71. The zero-order chi connectivity index (χ0) is 14.8. The maximum Gasteiger partial charge on any atom is 0.308 e. The molecule has 106 valence electrons. The standard InChI is InChI=1S/C17H14O4/c1-11(18)20-15-9-5-8-13-14(19)10-16(21-17(13)15)12-6-3-2-4-7-12/h2-9,16H,10H2,1H3/t16-/m1/s1. The van der Waals surface area contributed by atoms with Gasteiger partial charge in [-0.05, 0) is 17.7 Å². The molecule has 0 spiro atoms.